The highest BCUT2D eigenvalue weighted by Gasteiger charge is 2.35. The van der Waals surface area contributed by atoms with Crippen molar-refractivity contribution < 1.29 is 14.3 Å². The van der Waals surface area contributed by atoms with Crippen LogP contribution in [0.3, 0.4) is 0 Å². The molecule has 6 nitrogen and oxygen atoms in total. The van der Waals surface area contributed by atoms with Gasteiger partial charge in [-0.2, -0.15) is 0 Å². The molecule has 1 aliphatic heterocycles. The standard InChI is InChI=1S/C19H21N3O3/c1-14-18(23)22(16-10-6-7-11-17(16)25-2)13-12-21(14)19(24)20-15-8-4-3-5-9-15/h3-11,14H,12-13H2,1-2H3,(H,20,24). The lowest BCUT2D eigenvalue weighted by atomic mass is 10.1. The van der Waals surface area contributed by atoms with Crippen LogP contribution >= 0.6 is 0 Å². The average Bonchev–Trinajstić information content (AvgIpc) is 2.64. The number of anilines is 2. The van der Waals surface area contributed by atoms with Gasteiger partial charge < -0.3 is 19.9 Å². The maximum atomic E-state index is 12.8. The van der Waals surface area contributed by atoms with Crippen molar-refractivity contribution in [3.8, 4) is 5.75 Å². The van der Waals surface area contributed by atoms with Crippen LogP contribution in [0.2, 0.25) is 0 Å². The zero-order valence-electron chi connectivity index (χ0n) is 14.3. The van der Waals surface area contributed by atoms with E-state index in [2.05, 4.69) is 5.32 Å². The predicted octanol–water partition coefficient (Wildman–Crippen LogP) is 2.96. The molecule has 1 heterocycles. The number of nitrogens with one attached hydrogen (secondary N) is 1. The van der Waals surface area contributed by atoms with Crippen molar-refractivity contribution in [2.45, 2.75) is 13.0 Å². The summed E-state index contributed by atoms with van der Waals surface area (Å²) in [5.74, 6) is 0.518. The summed E-state index contributed by atoms with van der Waals surface area (Å²) in [6.07, 6.45) is 0. The molecule has 0 radical (unpaired) electrons. The normalized spacial score (nSPS) is 17.4. The molecular weight excluding hydrogens is 318 g/mol. The number of hydrogen-bond acceptors (Lipinski definition) is 3. The Labute approximate surface area is 147 Å². The highest BCUT2D eigenvalue weighted by Crippen LogP contribution is 2.30. The van der Waals surface area contributed by atoms with Crippen molar-refractivity contribution in [2.75, 3.05) is 30.4 Å². The predicted molar refractivity (Wildman–Crippen MR) is 97.0 cm³/mol. The molecule has 1 unspecified atom stereocenters. The summed E-state index contributed by atoms with van der Waals surface area (Å²) in [4.78, 5) is 28.6. The molecule has 1 N–H and O–H groups in total. The van der Waals surface area contributed by atoms with Crippen molar-refractivity contribution >= 4 is 23.3 Å². The van der Waals surface area contributed by atoms with Gasteiger partial charge in [0, 0.05) is 18.8 Å². The Morgan fingerprint density at radius 1 is 1.08 bits per heavy atom. The van der Waals surface area contributed by atoms with Gasteiger partial charge in [0.15, 0.2) is 0 Å². The van der Waals surface area contributed by atoms with Crippen molar-refractivity contribution in [2.24, 2.45) is 0 Å². The van der Waals surface area contributed by atoms with Crippen LogP contribution in [0.15, 0.2) is 54.6 Å². The maximum absolute atomic E-state index is 12.8. The van der Waals surface area contributed by atoms with E-state index in [-0.39, 0.29) is 11.9 Å². The van der Waals surface area contributed by atoms with Gasteiger partial charge in [0.2, 0.25) is 5.91 Å². The summed E-state index contributed by atoms with van der Waals surface area (Å²) in [6.45, 7) is 2.61. The number of hydrogen-bond donors (Lipinski definition) is 1. The van der Waals surface area contributed by atoms with E-state index in [4.69, 9.17) is 4.74 Å². The first-order chi connectivity index (χ1) is 12.1. The lowest BCUT2D eigenvalue weighted by Gasteiger charge is -2.39. The van der Waals surface area contributed by atoms with Crippen LogP contribution in [-0.2, 0) is 4.79 Å². The Morgan fingerprint density at radius 2 is 1.76 bits per heavy atom. The number of para-hydroxylation sites is 3. The van der Waals surface area contributed by atoms with Crippen molar-refractivity contribution in [1.29, 1.82) is 0 Å². The maximum Gasteiger partial charge on any atom is 0.322 e. The van der Waals surface area contributed by atoms with E-state index in [0.29, 0.717) is 24.5 Å². The molecule has 0 aromatic heterocycles. The Bertz CT molecular complexity index is 764. The van der Waals surface area contributed by atoms with Crippen LogP contribution in [0.4, 0.5) is 16.2 Å². The zero-order chi connectivity index (χ0) is 17.8. The molecule has 6 heteroatoms. The van der Waals surface area contributed by atoms with Gasteiger partial charge in [0.05, 0.1) is 12.8 Å². The van der Waals surface area contributed by atoms with E-state index in [1.807, 2.05) is 54.6 Å². The Kier molecular flexibility index (Phi) is 4.88. The molecule has 1 atom stereocenters. The second-order valence-electron chi connectivity index (χ2n) is 5.83. The number of benzene rings is 2. The number of amides is 3. The first kappa shape index (κ1) is 16.8. The molecule has 0 bridgehead atoms. The molecule has 1 aliphatic rings. The van der Waals surface area contributed by atoms with Gasteiger partial charge >= 0.3 is 6.03 Å². The van der Waals surface area contributed by atoms with Crippen molar-refractivity contribution in [1.82, 2.24) is 4.90 Å². The lowest BCUT2D eigenvalue weighted by molar-refractivity contribution is -0.123. The summed E-state index contributed by atoms with van der Waals surface area (Å²) < 4.78 is 5.35. The minimum Gasteiger partial charge on any atom is -0.495 e. The summed E-state index contributed by atoms with van der Waals surface area (Å²) >= 11 is 0. The third-order valence-corrected chi connectivity index (χ3v) is 4.32. The van der Waals surface area contributed by atoms with Gasteiger partial charge in [-0.05, 0) is 31.2 Å². The fourth-order valence-electron chi connectivity index (χ4n) is 2.96. The Morgan fingerprint density at radius 3 is 2.48 bits per heavy atom. The average molecular weight is 339 g/mol. The van der Waals surface area contributed by atoms with Crippen LogP contribution in [0.1, 0.15) is 6.92 Å². The number of rotatable bonds is 3. The molecule has 25 heavy (non-hydrogen) atoms. The summed E-state index contributed by atoms with van der Waals surface area (Å²) in [5, 5.41) is 2.83. The van der Waals surface area contributed by atoms with E-state index in [1.54, 1.807) is 23.8 Å². The summed E-state index contributed by atoms with van der Waals surface area (Å²) in [6, 6.07) is 15.8. The number of piperazine rings is 1. The molecule has 130 valence electrons. The minimum absolute atomic E-state index is 0.126. The summed E-state index contributed by atoms with van der Waals surface area (Å²) in [5.41, 5.74) is 1.43. The molecule has 1 fully saturated rings. The molecule has 2 aromatic rings. The van der Waals surface area contributed by atoms with Crippen LogP contribution in [-0.4, -0.2) is 43.1 Å². The van der Waals surface area contributed by atoms with Crippen LogP contribution in [0, 0.1) is 0 Å². The third kappa shape index (κ3) is 3.42. The number of ether oxygens (including phenoxy) is 1. The topological polar surface area (TPSA) is 61.9 Å². The minimum atomic E-state index is -0.553. The lowest BCUT2D eigenvalue weighted by Crippen LogP contribution is -2.58. The first-order valence-corrected chi connectivity index (χ1v) is 8.19. The second kappa shape index (κ2) is 7.25. The summed E-state index contributed by atoms with van der Waals surface area (Å²) in [7, 11) is 1.58. The molecule has 0 saturated carbocycles. The molecule has 2 aromatic carbocycles. The Balaban J connectivity index is 1.74. The van der Waals surface area contributed by atoms with E-state index >= 15 is 0 Å². The van der Waals surface area contributed by atoms with Gasteiger partial charge in [0.25, 0.3) is 0 Å². The first-order valence-electron chi connectivity index (χ1n) is 8.19. The van der Waals surface area contributed by atoms with Gasteiger partial charge in [0.1, 0.15) is 11.8 Å². The zero-order valence-corrected chi connectivity index (χ0v) is 14.3. The number of nitrogens with zero attached hydrogens (tertiary/aromatic N) is 2. The third-order valence-electron chi connectivity index (χ3n) is 4.32. The molecule has 3 amide bonds. The molecule has 1 saturated heterocycles. The monoisotopic (exact) mass is 339 g/mol. The van der Waals surface area contributed by atoms with Crippen molar-refractivity contribution in [3.63, 3.8) is 0 Å². The van der Waals surface area contributed by atoms with Gasteiger partial charge in [-0.1, -0.05) is 30.3 Å². The smallest absolute Gasteiger partial charge is 0.322 e. The van der Waals surface area contributed by atoms with Crippen LogP contribution < -0.4 is 15.0 Å². The molecular formula is C19H21N3O3. The number of methoxy groups -OCH3 is 1. The number of carbonyl (C=O) groups excluding carboxylic acids is 2. The van der Waals surface area contributed by atoms with Gasteiger partial charge in [-0.15, -0.1) is 0 Å². The number of carbonyl (C=O) groups is 2. The van der Waals surface area contributed by atoms with Gasteiger partial charge in [-0.25, -0.2) is 4.79 Å². The van der Waals surface area contributed by atoms with Crippen LogP contribution in [0.5, 0.6) is 5.75 Å². The largest absolute Gasteiger partial charge is 0.495 e. The second-order valence-corrected chi connectivity index (χ2v) is 5.83. The van der Waals surface area contributed by atoms with E-state index in [9.17, 15) is 9.59 Å². The van der Waals surface area contributed by atoms with E-state index < -0.39 is 6.04 Å². The van der Waals surface area contributed by atoms with Crippen molar-refractivity contribution in [3.05, 3.63) is 54.6 Å². The van der Waals surface area contributed by atoms with E-state index in [1.165, 1.54) is 0 Å². The fraction of sp³-hybridized carbons (Fsp3) is 0.263. The van der Waals surface area contributed by atoms with Crippen LogP contribution in [0.25, 0.3) is 0 Å². The highest BCUT2D eigenvalue weighted by molar-refractivity contribution is 6.02. The molecule has 0 aliphatic carbocycles. The quantitative estimate of drug-likeness (QED) is 0.935. The van der Waals surface area contributed by atoms with Gasteiger partial charge in [-0.3, -0.25) is 4.79 Å². The fourth-order valence-corrected chi connectivity index (χ4v) is 2.96. The SMILES string of the molecule is COc1ccccc1N1CCN(C(=O)Nc2ccccc2)C(C)C1=O. The Hall–Kier alpha value is -3.02. The highest BCUT2D eigenvalue weighted by atomic mass is 16.5. The molecule has 0 spiro atoms. The van der Waals surface area contributed by atoms with E-state index in [0.717, 1.165) is 5.69 Å². The molecule has 3 rings (SSSR count). The number of urea groups is 1.